The summed E-state index contributed by atoms with van der Waals surface area (Å²) in [7, 11) is 0. The van der Waals surface area contributed by atoms with Crippen LogP contribution in [0.25, 0.3) is 0 Å². The highest BCUT2D eigenvalue weighted by Crippen LogP contribution is 2.21. The average Bonchev–Trinajstić information content (AvgIpc) is 3.15. The Bertz CT molecular complexity index is 800. The smallest absolute Gasteiger partial charge is 0.321 e. The van der Waals surface area contributed by atoms with Crippen molar-refractivity contribution in [1.29, 1.82) is 5.26 Å². The number of urea groups is 1. The molecule has 2 heterocycles. The fourth-order valence-electron chi connectivity index (χ4n) is 2.74. The molecule has 3 amide bonds. The van der Waals surface area contributed by atoms with Crippen molar-refractivity contribution >= 4 is 34.1 Å². The molecular weight excluding hydrogens is 338 g/mol. The van der Waals surface area contributed by atoms with E-state index in [9.17, 15) is 9.59 Å². The number of carbonyl (C=O) groups is 2. The lowest BCUT2D eigenvalue weighted by atomic mass is 9.97. The number of hydrogen-bond acceptors (Lipinski definition) is 5. The molecule has 0 aliphatic carbocycles. The number of carbonyl (C=O) groups excluding carboxylic acids is 2. The predicted octanol–water partition coefficient (Wildman–Crippen LogP) is 2.90. The molecule has 3 rings (SSSR count). The maximum atomic E-state index is 12.4. The molecule has 0 radical (unpaired) electrons. The van der Waals surface area contributed by atoms with Crippen LogP contribution in [-0.2, 0) is 4.79 Å². The number of nitrogens with one attached hydrogen (secondary N) is 2. The molecular formula is C17H17N5O2S. The summed E-state index contributed by atoms with van der Waals surface area (Å²) in [5, 5.41) is 16.9. The Balaban J connectivity index is 1.59. The molecule has 7 nitrogen and oxygen atoms in total. The van der Waals surface area contributed by atoms with Crippen LogP contribution in [0.2, 0.25) is 0 Å². The van der Waals surface area contributed by atoms with Crippen molar-refractivity contribution in [2.75, 3.05) is 23.7 Å². The van der Waals surface area contributed by atoms with Crippen molar-refractivity contribution in [2.24, 2.45) is 5.92 Å². The van der Waals surface area contributed by atoms with Gasteiger partial charge in [-0.1, -0.05) is 6.07 Å². The number of amides is 3. The number of likely N-dealkylation sites (tertiary alicyclic amines) is 1. The number of hydrogen-bond donors (Lipinski definition) is 2. The molecule has 0 saturated carbocycles. The summed E-state index contributed by atoms with van der Waals surface area (Å²) in [5.41, 5.74) is 1.05. The van der Waals surface area contributed by atoms with Gasteiger partial charge < -0.3 is 15.5 Å². The van der Waals surface area contributed by atoms with E-state index in [0.29, 0.717) is 29.5 Å². The summed E-state index contributed by atoms with van der Waals surface area (Å²) in [6.45, 7) is 0.964. The minimum absolute atomic E-state index is 0.112. The van der Waals surface area contributed by atoms with Gasteiger partial charge in [0.2, 0.25) is 5.91 Å². The highest BCUT2D eigenvalue weighted by atomic mass is 32.1. The summed E-state index contributed by atoms with van der Waals surface area (Å²) in [5.74, 6) is -0.368. The third-order valence-corrected chi connectivity index (χ3v) is 4.67. The van der Waals surface area contributed by atoms with E-state index < -0.39 is 0 Å². The Morgan fingerprint density at radius 3 is 3.00 bits per heavy atom. The van der Waals surface area contributed by atoms with Crippen molar-refractivity contribution in [3.63, 3.8) is 0 Å². The van der Waals surface area contributed by atoms with Crippen LogP contribution in [0, 0.1) is 17.2 Å². The molecule has 25 heavy (non-hydrogen) atoms. The normalized spacial score (nSPS) is 16.8. The number of nitriles is 1. The van der Waals surface area contributed by atoms with Gasteiger partial charge in [-0.2, -0.15) is 5.26 Å². The fraction of sp³-hybridized carbons (Fsp3) is 0.294. The topological polar surface area (TPSA) is 98.1 Å². The number of anilines is 2. The van der Waals surface area contributed by atoms with Gasteiger partial charge in [-0.3, -0.25) is 4.79 Å². The first kappa shape index (κ1) is 16.9. The maximum Gasteiger partial charge on any atom is 0.321 e. The fourth-order valence-corrected chi connectivity index (χ4v) is 3.27. The SMILES string of the molecule is N#Cc1cccc(NC(=O)N2CCC[C@@H](C(=O)Nc3nccs3)C2)c1. The van der Waals surface area contributed by atoms with Gasteiger partial charge in [0, 0.05) is 30.4 Å². The number of aromatic nitrogens is 1. The van der Waals surface area contributed by atoms with Gasteiger partial charge in [0.15, 0.2) is 5.13 Å². The molecule has 1 aromatic heterocycles. The van der Waals surface area contributed by atoms with E-state index in [1.165, 1.54) is 11.3 Å². The Morgan fingerprint density at radius 2 is 2.24 bits per heavy atom. The van der Waals surface area contributed by atoms with Gasteiger partial charge in [-0.25, -0.2) is 9.78 Å². The number of nitrogens with zero attached hydrogens (tertiary/aromatic N) is 3. The van der Waals surface area contributed by atoms with Gasteiger partial charge in [0.25, 0.3) is 0 Å². The Labute approximate surface area is 149 Å². The third-order valence-electron chi connectivity index (χ3n) is 3.98. The van der Waals surface area contributed by atoms with Crippen LogP contribution in [0.15, 0.2) is 35.8 Å². The Kier molecular flexibility index (Phi) is 5.26. The van der Waals surface area contributed by atoms with Gasteiger partial charge >= 0.3 is 6.03 Å². The molecule has 1 aliphatic rings. The first-order valence-electron chi connectivity index (χ1n) is 7.92. The van der Waals surface area contributed by atoms with E-state index in [2.05, 4.69) is 15.6 Å². The summed E-state index contributed by atoms with van der Waals surface area (Å²) >= 11 is 1.37. The lowest BCUT2D eigenvalue weighted by molar-refractivity contribution is -0.121. The Morgan fingerprint density at radius 1 is 1.36 bits per heavy atom. The number of thiazole rings is 1. The second-order valence-electron chi connectivity index (χ2n) is 5.73. The minimum Gasteiger partial charge on any atom is -0.324 e. The van der Waals surface area contributed by atoms with Crippen LogP contribution < -0.4 is 10.6 Å². The summed E-state index contributed by atoms with van der Waals surface area (Å²) in [4.78, 5) is 30.5. The quantitative estimate of drug-likeness (QED) is 0.884. The van der Waals surface area contributed by atoms with Crippen molar-refractivity contribution in [2.45, 2.75) is 12.8 Å². The van der Waals surface area contributed by atoms with Crippen LogP contribution >= 0.6 is 11.3 Å². The van der Waals surface area contributed by atoms with Crippen LogP contribution in [0.4, 0.5) is 15.6 Å². The molecule has 8 heteroatoms. The van der Waals surface area contributed by atoms with Crippen LogP contribution in [0.5, 0.6) is 0 Å². The number of benzene rings is 1. The molecule has 0 bridgehead atoms. The van der Waals surface area contributed by atoms with Crippen molar-refractivity contribution in [3.8, 4) is 6.07 Å². The van der Waals surface area contributed by atoms with E-state index in [1.54, 1.807) is 40.7 Å². The van der Waals surface area contributed by atoms with Crippen molar-refractivity contribution in [3.05, 3.63) is 41.4 Å². The molecule has 1 atom stereocenters. The zero-order valence-corrected chi connectivity index (χ0v) is 14.3. The maximum absolute atomic E-state index is 12.4. The largest absolute Gasteiger partial charge is 0.324 e. The monoisotopic (exact) mass is 355 g/mol. The van der Waals surface area contributed by atoms with E-state index in [-0.39, 0.29) is 17.9 Å². The standard InChI is InChI=1S/C17H17N5O2S/c18-10-12-3-1-5-14(9-12)20-17(24)22-7-2-4-13(11-22)15(23)21-16-19-6-8-25-16/h1,3,5-6,8-9,13H,2,4,7,11H2,(H,20,24)(H,19,21,23)/t13-/m1/s1. The highest BCUT2D eigenvalue weighted by Gasteiger charge is 2.28. The molecule has 1 aliphatic heterocycles. The van der Waals surface area contributed by atoms with E-state index in [0.717, 1.165) is 12.8 Å². The molecule has 1 saturated heterocycles. The van der Waals surface area contributed by atoms with E-state index in [4.69, 9.17) is 5.26 Å². The third kappa shape index (κ3) is 4.33. The second kappa shape index (κ2) is 7.77. The summed E-state index contributed by atoms with van der Waals surface area (Å²) in [6, 6.07) is 8.52. The molecule has 2 N–H and O–H groups in total. The minimum atomic E-state index is -0.262. The molecule has 2 aromatic rings. The van der Waals surface area contributed by atoms with Gasteiger partial charge in [0.1, 0.15) is 0 Å². The summed E-state index contributed by atoms with van der Waals surface area (Å²) < 4.78 is 0. The predicted molar refractivity (Wildman–Crippen MR) is 95.2 cm³/mol. The molecule has 0 unspecified atom stereocenters. The molecule has 0 spiro atoms. The van der Waals surface area contributed by atoms with Gasteiger partial charge in [0.05, 0.1) is 17.6 Å². The van der Waals surface area contributed by atoms with E-state index in [1.807, 2.05) is 6.07 Å². The van der Waals surface area contributed by atoms with Gasteiger partial charge in [-0.05, 0) is 31.0 Å². The van der Waals surface area contributed by atoms with E-state index >= 15 is 0 Å². The number of piperidine rings is 1. The lowest BCUT2D eigenvalue weighted by Crippen LogP contribution is -2.45. The zero-order valence-electron chi connectivity index (χ0n) is 13.4. The zero-order chi connectivity index (χ0) is 17.6. The van der Waals surface area contributed by atoms with Gasteiger partial charge in [-0.15, -0.1) is 11.3 Å². The van der Waals surface area contributed by atoms with Crippen molar-refractivity contribution < 1.29 is 9.59 Å². The van der Waals surface area contributed by atoms with Crippen LogP contribution in [0.1, 0.15) is 18.4 Å². The van der Waals surface area contributed by atoms with Crippen LogP contribution in [-0.4, -0.2) is 34.9 Å². The highest BCUT2D eigenvalue weighted by molar-refractivity contribution is 7.13. The second-order valence-corrected chi connectivity index (χ2v) is 6.63. The first-order chi connectivity index (χ1) is 12.2. The van der Waals surface area contributed by atoms with Crippen LogP contribution in [0.3, 0.4) is 0 Å². The average molecular weight is 355 g/mol. The molecule has 1 fully saturated rings. The van der Waals surface area contributed by atoms with Crippen molar-refractivity contribution in [1.82, 2.24) is 9.88 Å². The molecule has 1 aromatic carbocycles. The first-order valence-corrected chi connectivity index (χ1v) is 8.80. The lowest BCUT2D eigenvalue weighted by Gasteiger charge is -2.31. The Hall–Kier alpha value is -2.92. The summed E-state index contributed by atoms with van der Waals surface area (Å²) in [6.07, 6.45) is 3.14. The molecule has 128 valence electrons. The number of rotatable bonds is 3.